The maximum absolute atomic E-state index is 6.23. The van der Waals surface area contributed by atoms with Crippen LogP contribution in [0.5, 0.6) is 5.75 Å². The minimum Gasteiger partial charge on any atom is -0.460 e. The third-order valence-electron chi connectivity index (χ3n) is 4.59. The molecule has 1 atom stereocenters. The summed E-state index contributed by atoms with van der Waals surface area (Å²) in [5.41, 5.74) is 4.72. The lowest BCUT2D eigenvalue weighted by molar-refractivity contribution is -0.0583. The fourth-order valence-electron chi connectivity index (χ4n) is 3.47. The van der Waals surface area contributed by atoms with Gasteiger partial charge in [0.2, 0.25) is 6.29 Å². The first-order valence-electron chi connectivity index (χ1n) is 8.05. The van der Waals surface area contributed by atoms with E-state index in [0.717, 1.165) is 16.9 Å². The monoisotopic (exact) mass is 304 g/mol. The molecule has 2 heteroatoms. The second-order valence-corrected chi connectivity index (χ2v) is 6.32. The smallest absolute Gasteiger partial charge is 0.227 e. The van der Waals surface area contributed by atoms with Crippen molar-refractivity contribution in [1.82, 2.24) is 0 Å². The summed E-state index contributed by atoms with van der Waals surface area (Å²) in [5, 5.41) is 2.49. The van der Waals surface area contributed by atoms with Crippen LogP contribution >= 0.6 is 0 Å². The number of hydrogen-bond donors (Lipinski definition) is 0. The molecule has 23 heavy (non-hydrogen) atoms. The highest BCUT2D eigenvalue weighted by molar-refractivity contribution is 6.00. The maximum atomic E-state index is 6.23. The zero-order chi connectivity index (χ0) is 16.0. The molecule has 116 valence electrons. The van der Waals surface area contributed by atoms with Crippen LogP contribution in [0, 0.1) is 0 Å². The van der Waals surface area contributed by atoms with Crippen molar-refractivity contribution in [3.63, 3.8) is 0 Å². The summed E-state index contributed by atoms with van der Waals surface area (Å²) in [6.07, 6.45) is -0.359. The van der Waals surface area contributed by atoms with Gasteiger partial charge < -0.3 is 9.47 Å². The first kappa shape index (κ1) is 14.3. The molecule has 0 amide bonds. The van der Waals surface area contributed by atoms with Crippen LogP contribution in [-0.2, 0) is 4.74 Å². The Bertz CT molecular complexity index is 880. The van der Waals surface area contributed by atoms with Crippen LogP contribution in [0.1, 0.15) is 37.2 Å². The lowest BCUT2D eigenvalue weighted by atomic mass is 9.88. The molecule has 1 aliphatic heterocycles. The Kier molecular flexibility index (Phi) is 3.35. The highest BCUT2D eigenvalue weighted by Gasteiger charge is 2.29. The van der Waals surface area contributed by atoms with Gasteiger partial charge in [-0.2, -0.15) is 0 Å². The zero-order valence-electron chi connectivity index (χ0n) is 13.7. The van der Waals surface area contributed by atoms with Crippen LogP contribution in [0.2, 0.25) is 0 Å². The fourth-order valence-corrected chi connectivity index (χ4v) is 3.47. The van der Waals surface area contributed by atoms with Crippen LogP contribution in [0.15, 0.2) is 54.6 Å². The van der Waals surface area contributed by atoms with Gasteiger partial charge >= 0.3 is 0 Å². The standard InChI is InChI=1S/C21H20O2/c1-13(2)15-9-6-10-17-19-16-8-5-4-7-14(16)11-12-18(19)21(22-3)23-20(15)17/h4-13,21H,1-3H3/t21-/m0/s1. The molecule has 0 aromatic heterocycles. The number of hydrogen-bond acceptors (Lipinski definition) is 2. The molecule has 3 aromatic rings. The molecular formula is C21H20O2. The van der Waals surface area contributed by atoms with Crippen LogP contribution in [0.25, 0.3) is 21.9 Å². The minimum absolute atomic E-state index is 0.359. The Labute approximate surface area is 136 Å². The minimum atomic E-state index is -0.359. The number of ether oxygens (including phenoxy) is 2. The third-order valence-corrected chi connectivity index (χ3v) is 4.59. The van der Waals surface area contributed by atoms with Gasteiger partial charge in [-0.1, -0.05) is 68.4 Å². The van der Waals surface area contributed by atoms with Crippen molar-refractivity contribution in [1.29, 1.82) is 0 Å². The predicted molar refractivity (Wildman–Crippen MR) is 93.9 cm³/mol. The van der Waals surface area contributed by atoms with Crippen LogP contribution in [0.3, 0.4) is 0 Å². The summed E-state index contributed by atoms with van der Waals surface area (Å²) in [7, 11) is 1.70. The van der Waals surface area contributed by atoms with Crippen molar-refractivity contribution < 1.29 is 9.47 Å². The van der Waals surface area contributed by atoms with E-state index in [1.165, 1.54) is 21.9 Å². The second kappa shape index (κ2) is 5.39. The molecule has 3 aromatic carbocycles. The van der Waals surface area contributed by atoms with Gasteiger partial charge in [0, 0.05) is 23.8 Å². The summed E-state index contributed by atoms with van der Waals surface area (Å²) in [5.74, 6) is 1.36. The van der Waals surface area contributed by atoms with Crippen molar-refractivity contribution in [2.45, 2.75) is 26.1 Å². The van der Waals surface area contributed by atoms with E-state index >= 15 is 0 Å². The summed E-state index contributed by atoms with van der Waals surface area (Å²) in [6, 6.07) is 19.2. The van der Waals surface area contributed by atoms with Gasteiger partial charge in [-0.25, -0.2) is 0 Å². The van der Waals surface area contributed by atoms with Crippen LogP contribution < -0.4 is 4.74 Å². The Hall–Kier alpha value is -2.32. The Morgan fingerprint density at radius 2 is 1.78 bits per heavy atom. The second-order valence-electron chi connectivity index (χ2n) is 6.32. The highest BCUT2D eigenvalue weighted by Crippen LogP contribution is 2.48. The van der Waals surface area contributed by atoms with Crippen molar-refractivity contribution in [3.8, 4) is 16.9 Å². The predicted octanol–water partition coefficient (Wildman–Crippen LogP) is 5.67. The molecule has 1 heterocycles. The van der Waals surface area contributed by atoms with E-state index in [-0.39, 0.29) is 6.29 Å². The summed E-state index contributed by atoms with van der Waals surface area (Å²) >= 11 is 0. The quantitative estimate of drug-likeness (QED) is 0.607. The molecule has 0 radical (unpaired) electrons. The van der Waals surface area contributed by atoms with Crippen molar-refractivity contribution in [3.05, 3.63) is 65.7 Å². The normalized spacial score (nSPS) is 16.1. The van der Waals surface area contributed by atoms with Crippen molar-refractivity contribution in [2.24, 2.45) is 0 Å². The Morgan fingerprint density at radius 1 is 0.957 bits per heavy atom. The molecule has 0 unspecified atom stereocenters. The van der Waals surface area contributed by atoms with Gasteiger partial charge in [0.1, 0.15) is 5.75 Å². The fraction of sp³-hybridized carbons (Fsp3) is 0.238. The number of methoxy groups -OCH3 is 1. The lowest BCUT2D eigenvalue weighted by Crippen LogP contribution is -2.17. The Balaban J connectivity index is 2.10. The Morgan fingerprint density at radius 3 is 2.57 bits per heavy atom. The zero-order valence-corrected chi connectivity index (χ0v) is 13.7. The first-order chi connectivity index (χ1) is 11.2. The van der Waals surface area contributed by atoms with Gasteiger partial charge in [0.15, 0.2) is 0 Å². The highest BCUT2D eigenvalue weighted by atomic mass is 16.7. The largest absolute Gasteiger partial charge is 0.460 e. The molecule has 0 fully saturated rings. The van der Waals surface area contributed by atoms with E-state index in [1.54, 1.807) is 7.11 Å². The van der Waals surface area contributed by atoms with Crippen molar-refractivity contribution in [2.75, 3.05) is 7.11 Å². The molecular weight excluding hydrogens is 284 g/mol. The van der Waals surface area contributed by atoms with Gasteiger partial charge in [-0.05, 0) is 22.3 Å². The van der Waals surface area contributed by atoms with Gasteiger partial charge in [-0.15, -0.1) is 0 Å². The van der Waals surface area contributed by atoms with Crippen LogP contribution in [0.4, 0.5) is 0 Å². The SMILES string of the molecule is CO[C@H]1Oc2c(cccc2C(C)C)-c2c1ccc1ccccc21. The number of fused-ring (bicyclic) bond motifs is 5. The van der Waals surface area contributed by atoms with Crippen molar-refractivity contribution >= 4 is 10.8 Å². The molecule has 0 saturated heterocycles. The third kappa shape index (κ3) is 2.13. The van der Waals surface area contributed by atoms with E-state index in [4.69, 9.17) is 9.47 Å². The lowest BCUT2D eigenvalue weighted by Gasteiger charge is -2.31. The van der Waals surface area contributed by atoms with E-state index in [2.05, 4.69) is 68.4 Å². The molecule has 1 aliphatic rings. The average Bonchev–Trinajstić information content (AvgIpc) is 2.59. The topological polar surface area (TPSA) is 18.5 Å². The maximum Gasteiger partial charge on any atom is 0.227 e. The number of benzene rings is 3. The van der Waals surface area contributed by atoms with E-state index < -0.39 is 0 Å². The summed E-state index contributed by atoms with van der Waals surface area (Å²) in [4.78, 5) is 0. The van der Waals surface area contributed by atoms with E-state index in [1.807, 2.05) is 0 Å². The summed E-state index contributed by atoms with van der Waals surface area (Å²) in [6.45, 7) is 4.39. The molecule has 0 N–H and O–H groups in total. The molecule has 0 spiro atoms. The van der Waals surface area contributed by atoms with Gasteiger partial charge in [-0.3, -0.25) is 0 Å². The average molecular weight is 304 g/mol. The molecule has 0 saturated carbocycles. The molecule has 2 nitrogen and oxygen atoms in total. The van der Waals surface area contributed by atoms with Gasteiger partial charge in [0.25, 0.3) is 0 Å². The van der Waals surface area contributed by atoms with Gasteiger partial charge in [0.05, 0.1) is 0 Å². The number of para-hydroxylation sites is 1. The molecule has 0 bridgehead atoms. The van der Waals surface area contributed by atoms with Crippen LogP contribution in [-0.4, -0.2) is 7.11 Å². The first-order valence-corrected chi connectivity index (χ1v) is 8.05. The van der Waals surface area contributed by atoms with E-state index in [9.17, 15) is 0 Å². The molecule has 4 rings (SSSR count). The summed E-state index contributed by atoms with van der Waals surface area (Å²) < 4.78 is 11.9. The molecule has 0 aliphatic carbocycles. The number of rotatable bonds is 2. The van der Waals surface area contributed by atoms with E-state index in [0.29, 0.717) is 5.92 Å².